The fourth-order valence-electron chi connectivity index (χ4n) is 6.27. The normalized spacial score (nSPS) is 50.3. The molecule has 0 aromatic rings. The predicted octanol–water partition coefficient (Wildman–Crippen LogP) is 5.55. The Morgan fingerprint density at radius 2 is 1.62 bits per heavy atom. The minimum absolute atomic E-state index is 0.335. The molecule has 21 heavy (non-hydrogen) atoms. The number of rotatable bonds is 2. The van der Waals surface area contributed by atoms with Crippen LogP contribution in [-0.2, 0) is 4.74 Å². The summed E-state index contributed by atoms with van der Waals surface area (Å²) >= 11 is 6.65. The molecule has 2 heteroatoms. The van der Waals surface area contributed by atoms with Gasteiger partial charge in [-0.15, -0.1) is 11.6 Å². The van der Waals surface area contributed by atoms with E-state index in [0.29, 0.717) is 33.8 Å². The third-order valence-corrected chi connectivity index (χ3v) is 9.13. The maximum absolute atomic E-state index is 6.80. The Morgan fingerprint density at radius 1 is 0.905 bits per heavy atom. The van der Waals surface area contributed by atoms with Crippen LogP contribution in [0.3, 0.4) is 0 Å². The van der Waals surface area contributed by atoms with Crippen molar-refractivity contribution in [2.24, 2.45) is 22.2 Å². The van der Waals surface area contributed by atoms with Crippen molar-refractivity contribution in [3.63, 3.8) is 0 Å². The lowest BCUT2D eigenvalue weighted by molar-refractivity contribution is -0.182. The molecule has 120 valence electrons. The van der Waals surface area contributed by atoms with Gasteiger partial charge >= 0.3 is 0 Å². The zero-order valence-electron chi connectivity index (χ0n) is 14.0. The molecule has 0 heterocycles. The second kappa shape index (κ2) is 4.63. The number of hydrogen-bond donors (Lipinski definition) is 0. The first-order valence-corrected chi connectivity index (χ1v) is 9.63. The molecule has 1 spiro atoms. The van der Waals surface area contributed by atoms with Crippen LogP contribution in [0, 0.1) is 22.2 Å². The highest BCUT2D eigenvalue weighted by atomic mass is 35.5. The Kier molecular flexibility index (Phi) is 3.27. The number of alkyl halides is 1. The third kappa shape index (κ3) is 1.80. The van der Waals surface area contributed by atoms with Gasteiger partial charge in [0.2, 0.25) is 0 Å². The Labute approximate surface area is 135 Å². The molecule has 0 amide bonds. The van der Waals surface area contributed by atoms with Crippen LogP contribution in [0.4, 0.5) is 0 Å². The highest BCUT2D eigenvalue weighted by Gasteiger charge is 2.64. The van der Waals surface area contributed by atoms with Crippen LogP contribution >= 0.6 is 11.6 Å². The van der Waals surface area contributed by atoms with Crippen LogP contribution in [0.5, 0.6) is 0 Å². The minimum atomic E-state index is 0.335. The highest BCUT2D eigenvalue weighted by Crippen LogP contribution is 2.67. The van der Waals surface area contributed by atoms with Crippen LogP contribution in [0.2, 0.25) is 0 Å². The largest absolute Gasteiger partial charge is 0.374 e. The number of hydrogen-bond acceptors (Lipinski definition) is 1. The molecule has 0 radical (unpaired) electrons. The van der Waals surface area contributed by atoms with Gasteiger partial charge in [0, 0.05) is 10.8 Å². The highest BCUT2D eigenvalue weighted by molar-refractivity contribution is 6.21. The molecule has 4 aliphatic carbocycles. The molecule has 4 saturated carbocycles. The molecule has 4 rings (SSSR count). The van der Waals surface area contributed by atoms with E-state index < -0.39 is 0 Å². The van der Waals surface area contributed by atoms with Crippen molar-refractivity contribution in [3.05, 3.63) is 0 Å². The molecule has 5 unspecified atom stereocenters. The summed E-state index contributed by atoms with van der Waals surface area (Å²) in [4.78, 5) is 0. The zero-order valence-corrected chi connectivity index (χ0v) is 14.7. The second-order valence-electron chi connectivity index (χ2n) is 9.22. The maximum Gasteiger partial charge on any atom is 0.0663 e. The fraction of sp³-hybridized carbons (Fsp3) is 1.00. The summed E-state index contributed by atoms with van der Waals surface area (Å²) in [6.45, 7) is 7.46. The van der Waals surface area contributed by atoms with Crippen molar-refractivity contribution in [1.29, 1.82) is 0 Å². The standard InChI is InChI=1S/C19H31ClO/c1-17(2)13-7-10-18(17,3)15(11-13)21-16-12-14(20)19(16)8-5-4-6-9-19/h13-16H,4-12H2,1-3H3. The molecule has 4 aliphatic rings. The summed E-state index contributed by atoms with van der Waals surface area (Å²) in [5, 5.41) is 0.377. The van der Waals surface area contributed by atoms with E-state index in [9.17, 15) is 0 Å². The van der Waals surface area contributed by atoms with Crippen molar-refractivity contribution in [3.8, 4) is 0 Å². The SMILES string of the molecule is CC1(C)C2CCC1(C)C(OC1CC(Cl)C13CCCCC3)C2. The van der Waals surface area contributed by atoms with E-state index >= 15 is 0 Å². The van der Waals surface area contributed by atoms with E-state index in [0.717, 1.165) is 12.3 Å². The molecule has 0 N–H and O–H groups in total. The van der Waals surface area contributed by atoms with E-state index in [2.05, 4.69) is 20.8 Å². The van der Waals surface area contributed by atoms with Crippen LogP contribution in [-0.4, -0.2) is 17.6 Å². The maximum atomic E-state index is 6.80. The Morgan fingerprint density at radius 3 is 2.14 bits per heavy atom. The van der Waals surface area contributed by atoms with Gasteiger partial charge in [-0.3, -0.25) is 0 Å². The summed E-state index contributed by atoms with van der Waals surface area (Å²) in [6, 6.07) is 0. The van der Waals surface area contributed by atoms with Crippen molar-refractivity contribution >= 4 is 11.6 Å². The van der Waals surface area contributed by atoms with Crippen molar-refractivity contribution < 1.29 is 4.74 Å². The lowest BCUT2D eigenvalue weighted by Crippen LogP contribution is -2.58. The summed E-state index contributed by atoms with van der Waals surface area (Å²) in [5.41, 5.74) is 1.19. The Balaban J connectivity index is 1.50. The molecule has 5 atom stereocenters. The molecular weight excluding hydrogens is 280 g/mol. The van der Waals surface area contributed by atoms with Crippen LogP contribution < -0.4 is 0 Å². The van der Waals surface area contributed by atoms with E-state index in [-0.39, 0.29) is 0 Å². The molecule has 4 fully saturated rings. The van der Waals surface area contributed by atoms with Gasteiger partial charge < -0.3 is 4.74 Å². The first kappa shape index (κ1) is 14.8. The molecule has 0 aromatic carbocycles. The molecule has 0 saturated heterocycles. The van der Waals surface area contributed by atoms with E-state index in [1.807, 2.05) is 0 Å². The fourth-order valence-corrected chi connectivity index (χ4v) is 6.79. The van der Waals surface area contributed by atoms with Gasteiger partial charge in [-0.25, -0.2) is 0 Å². The molecule has 0 aromatic heterocycles. The summed E-state index contributed by atoms with van der Waals surface area (Å²) < 4.78 is 6.80. The molecule has 2 bridgehead atoms. The number of halogens is 1. The number of ether oxygens (including phenoxy) is 1. The Bertz CT molecular complexity index is 425. The number of fused-ring (bicyclic) bond motifs is 2. The summed E-state index contributed by atoms with van der Waals surface area (Å²) in [5.74, 6) is 0.877. The zero-order chi connectivity index (χ0) is 14.9. The molecule has 0 aliphatic heterocycles. The first-order valence-electron chi connectivity index (χ1n) is 9.20. The van der Waals surface area contributed by atoms with Gasteiger partial charge in [0.05, 0.1) is 12.2 Å². The average molecular weight is 311 g/mol. The summed E-state index contributed by atoms with van der Waals surface area (Å²) in [6.07, 6.45) is 12.8. The van der Waals surface area contributed by atoms with Gasteiger partial charge in [-0.1, -0.05) is 40.0 Å². The van der Waals surface area contributed by atoms with Crippen molar-refractivity contribution in [2.45, 2.75) is 96.1 Å². The predicted molar refractivity (Wildman–Crippen MR) is 87.7 cm³/mol. The van der Waals surface area contributed by atoms with Crippen LogP contribution in [0.1, 0.15) is 78.6 Å². The monoisotopic (exact) mass is 310 g/mol. The van der Waals surface area contributed by atoms with E-state index in [1.165, 1.54) is 51.4 Å². The van der Waals surface area contributed by atoms with Crippen LogP contribution in [0.15, 0.2) is 0 Å². The first-order chi connectivity index (χ1) is 9.90. The van der Waals surface area contributed by atoms with Crippen LogP contribution in [0.25, 0.3) is 0 Å². The topological polar surface area (TPSA) is 9.23 Å². The van der Waals surface area contributed by atoms with Gasteiger partial charge in [-0.05, 0) is 55.3 Å². The molecule has 1 nitrogen and oxygen atoms in total. The Hall–Kier alpha value is 0.250. The smallest absolute Gasteiger partial charge is 0.0663 e. The van der Waals surface area contributed by atoms with Gasteiger partial charge in [0.25, 0.3) is 0 Å². The van der Waals surface area contributed by atoms with E-state index in [1.54, 1.807) is 0 Å². The second-order valence-corrected chi connectivity index (χ2v) is 9.75. The van der Waals surface area contributed by atoms with Gasteiger partial charge in [-0.2, -0.15) is 0 Å². The average Bonchev–Trinajstić information content (AvgIpc) is 2.81. The lowest BCUT2D eigenvalue weighted by atomic mass is 9.58. The molecular formula is C19H31ClO. The van der Waals surface area contributed by atoms with E-state index in [4.69, 9.17) is 16.3 Å². The summed E-state index contributed by atoms with van der Waals surface area (Å²) in [7, 11) is 0. The van der Waals surface area contributed by atoms with Gasteiger partial charge in [0.15, 0.2) is 0 Å². The minimum Gasteiger partial charge on any atom is -0.374 e. The van der Waals surface area contributed by atoms with Crippen molar-refractivity contribution in [1.82, 2.24) is 0 Å². The lowest BCUT2D eigenvalue weighted by Gasteiger charge is -2.57. The quantitative estimate of drug-likeness (QED) is 0.608. The van der Waals surface area contributed by atoms with Crippen molar-refractivity contribution in [2.75, 3.05) is 0 Å². The third-order valence-electron chi connectivity index (χ3n) is 8.51. The van der Waals surface area contributed by atoms with Gasteiger partial charge in [0.1, 0.15) is 0 Å².